The molecule has 4 aliphatic rings. The molecule has 32 heavy (non-hydrogen) atoms. The number of hydrogen-bond donors (Lipinski definition) is 1. The summed E-state index contributed by atoms with van der Waals surface area (Å²) in [5.74, 6) is 9.13. The summed E-state index contributed by atoms with van der Waals surface area (Å²) in [6, 6.07) is 10.1. The van der Waals surface area contributed by atoms with Crippen molar-refractivity contribution in [3.05, 3.63) is 35.9 Å². The number of hydrogen-bond acceptors (Lipinski definition) is 3. The van der Waals surface area contributed by atoms with E-state index in [4.69, 9.17) is 4.74 Å². The summed E-state index contributed by atoms with van der Waals surface area (Å²) < 4.78 is 5.61. The van der Waals surface area contributed by atoms with E-state index < -0.39 is 5.60 Å². The molecule has 0 heterocycles. The van der Waals surface area contributed by atoms with Gasteiger partial charge in [-0.15, -0.1) is 0 Å². The van der Waals surface area contributed by atoms with Crippen LogP contribution in [-0.2, 0) is 9.53 Å². The van der Waals surface area contributed by atoms with Gasteiger partial charge in [0.2, 0.25) is 0 Å². The van der Waals surface area contributed by atoms with Crippen LogP contribution >= 0.6 is 0 Å². The maximum atomic E-state index is 11.8. The molecule has 5 rings (SSSR count). The fraction of sp³-hybridized carbons (Fsp3) is 0.690. The summed E-state index contributed by atoms with van der Waals surface area (Å²) in [5, 5.41) is 11.8. The zero-order valence-electron chi connectivity index (χ0n) is 19.9. The number of rotatable bonds is 1. The number of aliphatic hydroxyl groups is 1. The van der Waals surface area contributed by atoms with Crippen molar-refractivity contribution in [2.75, 3.05) is 0 Å². The number of carbonyl (C=O) groups excluding carboxylic acids is 1. The molecule has 0 aromatic heterocycles. The Balaban J connectivity index is 1.36. The van der Waals surface area contributed by atoms with Gasteiger partial charge in [0.05, 0.1) is 0 Å². The first-order valence-electron chi connectivity index (χ1n) is 12.7. The Labute approximate surface area is 193 Å². The van der Waals surface area contributed by atoms with Crippen molar-refractivity contribution in [3.8, 4) is 11.8 Å². The van der Waals surface area contributed by atoms with Crippen LogP contribution in [0, 0.1) is 46.3 Å². The Morgan fingerprint density at radius 3 is 2.50 bits per heavy atom. The van der Waals surface area contributed by atoms with E-state index in [9.17, 15) is 9.90 Å². The van der Waals surface area contributed by atoms with Crippen LogP contribution in [0.4, 0.5) is 0 Å². The van der Waals surface area contributed by atoms with Gasteiger partial charge in [-0.25, -0.2) is 0 Å². The van der Waals surface area contributed by atoms with Crippen molar-refractivity contribution in [2.45, 2.75) is 90.3 Å². The second-order valence-electron chi connectivity index (χ2n) is 11.6. The standard InChI is InChI=1S/C29H38O3/c1-20(30)32-23-12-15-27(2)22(19-23)9-10-24-25(27)13-16-28(3)26(24)14-18-29(28,31)17-11-21-7-5-4-6-8-21/h4-8,22-26,31H,9-10,12-16,18-19H2,1-3H3/t22-,23-,24-,25+,26-,27+,28-,29+/m1/s1. The van der Waals surface area contributed by atoms with Gasteiger partial charge in [-0.1, -0.05) is 43.9 Å². The van der Waals surface area contributed by atoms with Crippen LogP contribution in [-0.4, -0.2) is 22.8 Å². The molecule has 4 fully saturated rings. The second-order valence-corrected chi connectivity index (χ2v) is 11.6. The van der Waals surface area contributed by atoms with E-state index in [-0.39, 0.29) is 17.5 Å². The predicted molar refractivity (Wildman–Crippen MR) is 126 cm³/mol. The van der Waals surface area contributed by atoms with E-state index >= 15 is 0 Å². The van der Waals surface area contributed by atoms with E-state index in [0.717, 1.165) is 50.0 Å². The quantitative estimate of drug-likeness (QED) is 0.453. The van der Waals surface area contributed by atoms with Crippen LogP contribution < -0.4 is 0 Å². The lowest BCUT2D eigenvalue weighted by atomic mass is 9.44. The Morgan fingerprint density at radius 1 is 1.00 bits per heavy atom. The molecule has 1 N–H and O–H groups in total. The van der Waals surface area contributed by atoms with Gasteiger partial charge >= 0.3 is 5.97 Å². The first kappa shape index (κ1) is 22.0. The average Bonchev–Trinajstić information content (AvgIpc) is 3.04. The van der Waals surface area contributed by atoms with Crippen LogP contribution in [0.15, 0.2) is 30.3 Å². The number of esters is 1. The lowest BCUT2D eigenvalue weighted by molar-refractivity contribution is -0.163. The highest BCUT2D eigenvalue weighted by molar-refractivity contribution is 5.66. The lowest BCUT2D eigenvalue weighted by Crippen LogP contribution is -2.56. The molecule has 1 aromatic carbocycles. The van der Waals surface area contributed by atoms with Gasteiger partial charge < -0.3 is 9.84 Å². The number of fused-ring (bicyclic) bond motifs is 5. The molecule has 8 atom stereocenters. The molecular formula is C29H38O3. The Hall–Kier alpha value is -1.79. The fourth-order valence-corrected chi connectivity index (χ4v) is 8.48. The molecule has 0 amide bonds. The van der Waals surface area contributed by atoms with Crippen LogP contribution in [0.3, 0.4) is 0 Å². The van der Waals surface area contributed by atoms with E-state index in [2.05, 4.69) is 25.7 Å². The Kier molecular flexibility index (Phi) is 5.44. The molecule has 0 aliphatic heterocycles. The monoisotopic (exact) mass is 434 g/mol. The smallest absolute Gasteiger partial charge is 0.302 e. The first-order valence-corrected chi connectivity index (χ1v) is 12.7. The maximum Gasteiger partial charge on any atom is 0.302 e. The first-order chi connectivity index (χ1) is 15.3. The number of benzene rings is 1. The molecule has 1 aromatic rings. The minimum Gasteiger partial charge on any atom is -0.463 e. The van der Waals surface area contributed by atoms with Crippen molar-refractivity contribution >= 4 is 5.97 Å². The topological polar surface area (TPSA) is 46.5 Å². The minimum absolute atomic E-state index is 0.112. The molecule has 0 radical (unpaired) electrons. The van der Waals surface area contributed by atoms with Gasteiger partial charge in [0.25, 0.3) is 0 Å². The molecule has 3 nitrogen and oxygen atoms in total. The minimum atomic E-state index is -0.886. The Morgan fingerprint density at radius 2 is 1.75 bits per heavy atom. The number of ether oxygens (including phenoxy) is 1. The highest BCUT2D eigenvalue weighted by Crippen LogP contribution is 2.68. The van der Waals surface area contributed by atoms with Gasteiger partial charge in [0.15, 0.2) is 0 Å². The third-order valence-corrected chi connectivity index (χ3v) is 10.3. The third kappa shape index (κ3) is 3.41. The van der Waals surface area contributed by atoms with E-state index in [1.807, 2.05) is 30.3 Å². The van der Waals surface area contributed by atoms with Crippen LogP contribution in [0.25, 0.3) is 0 Å². The van der Waals surface area contributed by atoms with Gasteiger partial charge in [0.1, 0.15) is 11.7 Å². The summed E-state index contributed by atoms with van der Waals surface area (Å²) in [6.45, 7) is 6.39. The second kappa shape index (κ2) is 7.91. The third-order valence-electron chi connectivity index (χ3n) is 10.3. The van der Waals surface area contributed by atoms with Crippen LogP contribution in [0.1, 0.15) is 84.1 Å². The molecule has 3 heteroatoms. The molecule has 172 valence electrons. The van der Waals surface area contributed by atoms with Crippen molar-refractivity contribution in [1.82, 2.24) is 0 Å². The zero-order chi connectivity index (χ0) is 22.6. The SMILES string of the molecule is CC(=O)O[C@@H]1CC[C@@]2(C)[C@H](CC[C@H]3[C@H]4CC[C@@](O)(C#Cc5ccccc5)[C@]4(C)CC[C@@H]32)C1. The fourth-order valence-electron chi connectivity index (χ4n) is 8.48. The molecular weight excluding hydrogens is 396 g/mol. The highest BCUT2D eigenvalue weighted by atomic mass is 16.5. The van der Waals surface area contributed by atoms with Crippen LogP contribution in [0.2, 0.25) is 0 Å². The number of carbonyl (C=O) groups is 1. The average molecular weight is 435 g/mol. The predicted octanol–water partition coefficient (Wildman–Crippen LogP) is 5.74. The summed E-state index contributed by atoms with van der Waals surface area (Å²) >= 11 is 0. The normalized spacial score (nSPS) is 44.9. The molecule has 0 spiro atoms. The van der Waals surface area contributed by atoms with Crippen molar-refractivity contribution in [1.29, 1.82) is 0 Å². The summed E-state index contributed by atoms with van der Waals surface area (Å²) in [6.07, 6.45) is 9.94. The Bertz CT molecular complexity index is 929. The van der Waals surface area contributed by atoms with Crippen molar-refractivity contribution in [3.63, 3.8) is 0 Å². The molecule has 4 saturated carbocycles. The molecule has 4 aliphatic carbocycles. The summed E-state index contributed by atoms with van der Waals surface area (Å²) in [4.78, 5) is 11.5. The highest BCUT2D eigenvalue weighted by Gasteiger charge is 2.64. The molecule has 0 unspecified atom stereocenters. The van der Waals surface area contributed by atoms with Crippen LogP contribution in [0.5, 0.6) is 0 Å². The largest absolute Gasteiger partial charge is 0.463 e. The van der Waals surface area contributed by atoms with Crippen molar-refractivity contribution < 1.29 is 14.6 Å². The maximum absolute atomic E-state index is 11.8. The van der Waals surface area contributed by atoms with E-state index in [1.165, 1.54) is 26.2 Å². The zero-order valence-corrected chi connectivity index (χ0v) is 19.9. The van der Waals surface area contributed by atoms with E-state index in [1.54, 1.807) is 0 Å². The van der Waals surface area contributed by atoms with Gasteiger partial charge in [0, 0.05) is 17.9 Å². The molecule has 0 bridgehead atoms. The summed E-state index contributed by atoms with van der Waals surface area (Å²) in [7, 11) is 0. The van der Waals surface area contributed by atoms with Crippen molar-refractivity contribution in [2.24, 2.45) is 34.5 Å². The molecule has 0 saturated heterocycles. The van der Waals surface area contributed by atoms with Gasteiger partial charge in [-0.05, 0) is 99.0 Å². The summed E-state index contributed by atoms with van der Waals surface area (Å²) in [5.41, 5.74) is 0.327. The van der Waals surface area contributed by atoms with E-state index in [0.29, 0.717) is 23.2 Å². The lowest BCUT2D eigenvalue weighted by Gasteiger charge is -2.61. The van der Waals surface area contributed by atoms with Gasteiger partial charge in [-0.3, -0.25) is 4.79 Å². The van der Waals surface area contributed by atoms with Gasteiger partial charge in [-0.2, -0.15) is 0 Å².